The summed E-state index contributed by atoms with van der Waals surface area (Å²) in [5.41, 5.74) is 1.40. The summed E-state index contributed by atoms with van der Waals surface area (Å²) in [5, 5.41) is 14.6. The second kappa shape index (κ2) is 7.39. The highest BCUT2D eigenvalue weighted by atomic mass is 35.5. The van der Waals surface area contributed by atoms with Gasteiger partial charge in [-0.15, -0.1) is 0 Å². The van der Waals surface area contributed by atoms with Crippen molar-refractivity contribution >= 4 is 40.7 Å². The molecule has 0 saturated carbocycles. The second-order valence-electron chi connectivity index (χ2n) is 5.16. The van der Waals surface area contributed by atoms with Crippen molar-refractivity contribution in [3.05, 3.63) is 85.2 Å². The number of nitro groups is 1. The van der Waals surface area contributed by atoms with Crippen LogP contribution < -0.4 is 10.1 Å². The van der Waals surface area contributed by atoms with Gasteiger partial charge in [0.1, 0.15) is 9.40 Å². The molecule has 1 N–H and O–H groups in total. The summed E-state index contributed by atoms with van der Waals surface area (Å²) in [6, 6.07) is 14.6. The van der Waals surface area contributed by atoms with Gasteiger partial charge in [0.15, 0.2) is 5.75 Å². The molecule has 0 spiro atoms. The highest BCUT2D eigenvalue weighted by molar-refractivity contribution is 8.03. The molecule has 3 rings (SSSR count). The number of benzene rings is 2. The first-order valence-corrected chi connectivity index (χ1v) is 8.75. The molecule has 0 aromatic heterocycles. The van der Waals surface area contributed by atoms with Crippen LogP contribution in [-0.2, 0) is 0 Å². The van der Waals surface area contributed by atoms with Crippen molar-refractivity contribution in [3.63, 3.8) is 0 Å². The van der Waals surface area contributed by atoms with Gasteiger partial charge in [0.2, 0.25) is 0 Å². The van der Waals surface area contributed by atoms with Crippen molar-refractivity contribution in [3.8, 4) is 5.75 Å². The van der Waals surface area contributed by atoms with Gasteiger partial charge in [-0.1, -0.05) is 64.8 Å². The minimum atomic E-state index is -0.560. The fourth-order valence-corrected chi connectivity index (χ4v) is 3.45. The maximum Gasteiger partial charge on any atom is 0.345 e. The third-order valence-electron chi connectivity index (χ3n) is 3.37. The minimum absolute atomic E-state index is 0.0142. The predicted molar refractivity (Wildman–Crippen MR) is 100 cm³/mol. The molecule has 8 heteroatoms. The maximum absolute atomic E-state index is 11.7. The molecule has 128 valence electrons. The van der Waals surface area contributed by atoms with Crippen LogP contribution in [0.4, 0.5) is 5.69 Å². The Morgan fingerprint density at radius 3 is 2.44 bits per heavy atom. The minimum Gasteiger partial charge on any atom is -0.433 e. The average molecular weight is 395 g/mol. The summed E-state index contributed by atoms with van der Waals surface area (Å²) < 4.78 is 5.38. The van der Waals surface area contributed by atoms with E-state index in [4.69, 9.17) is 27.9 Å². The Kier molecular flexibility index (Phi) is 5.22. The van der Waals surface area contributed by atoms with E-state index in [0.717, 1.165) is 22.2 Å². The molecular formula is C17H12Cl2N2O3S. The summed E-state index contributed by atoms with van der Waals surface area (Å²) in [6.07, 6.45) is 0. The second-order valence-corrected chi connectivity index (χ2v) is 7.20. The monoisotopic (exact) mass is 394 g/mol. The van der Waals surface area contributed by atoms with Crippen molar-refractivity contribution < 1.29 is 9.66 Å². The number of rotatable bonds is 4. The highest BCUT2D eigenvalue weighted by Crippen LogP contribution is 2.41. The molecule has 1 aliphatic rings. The van der Waals surface area contributed by atoms with Crippen LogP contribution >= 0.6 is 35.0 Å². The van der Waals surface area contributed by atoms with E-state index < -0.39 is 4.92 Å². The Hall–Kier alpha value is -2.15. The van der Waals surface area contributed by atoms with Gasteiger partial charge in [-0.3, -0.25) is 10.1 Å². The molecule has 0 saturated heterocycles. The quantitative estimate of drug-likeness (QED) is 0.410. The van der Waals surface area contributed by atoms with E-state index in [0.29, 0.717) is 11.4 Å². The zero-order valence-electron chi connectivity index (χ0n) is 13.0. The number of nitrogens with zero attached hydrogens (tertiary/aromatic N) is 1. The zero-order valence-corrected chi connectivity index (χ0v) is 15.3. The van der Waals surface area contributed by atoms with Crippen molar-refractivity contribution in [2.45, 2.75) is 11.8 Å². The van der Waals surface area contributed by atoms with E-state index in [-0.39, 0.29) is 21.0 Å². The highest BCUT2D eigenvalue weighted by Gasteiger charge is 2.33. The molecule has 25 heavy (non-hydrogen) atoms. The van der Waals surface area contributed by atoms with Gasteiger partial charge < -0.3 is 10.1 Å². The number of ether oxygens (including phenoxy) is 1. The Bertz CT molecular complexity index is 864. The third-order valence-corrected chi connectivity index (χ3v) is 5.08. The van der Waals surface area contributed by atoms with Gasteiger partial charge in [0.25, 0.3) is 5.88 Å². The van der Waals surface area contributed by atoms with Crippen LogP contribution in [0.1, 0.15) is 5.56 Å². The standard InChI is InChI=1S/C17H12Cl2N2O3S/c1-10-6-8-11(9-7-10)25-15(16(18)19)14(21(22)23)17-20-12-4-2-3-5-13(12)24-17/h2-9,20H,1H3. The van der Waals surface area contributed by atoms with Gasteiger partial charge in [-0.05, 0) is 31.2 Å². The molecule has 2 aromatic carbocycles. The number of hydrogen-bond acceptors (Lipinski definition) is 5. The Balaban J connectivity index is 2.01. The number of hydrogen-bond donors (Lipinski definition) is 1. The average Bonchev–Trinajstić information content (AvgIpc) is 2.99. The lowest BCUT2D eigenvalue weighted by molar-refractivity contribution is -0.422. The summed E-state index contributed by atoms with van der Waals surface area (Å²) >= 11 is 13.0. The number of aryl methyl sites for hydroxylation is 1. The molecule has 0 unspecified atom stereocenters. The van der Waals surface area contributed by atoms with Crippen molar-refractivity contribution in [1.82, 2.24) is 0 Å². The number of nitrogens with one attached hydrogen (secondary N) is 1. The molecular weight excluding hydrogens is 383 g/mol. The first-order chi connectivity index (χ1) is 12.0. The molecule has 0 aliphatic carbocycles. The van der Waals surface area contributed by atoms with Crippen LogP contribution in [0, 0.1) is 17.0 Å². The van der Waals surface area contributed by atoms with E-state index in [1.54, 1.807) is 24.3 Å². The number of thioether (sulfide) groups is 1. The molecule has 0 fully saturated rings. The SMILES string of the molecule is Cc1ccc(SC(=C(Cl)Cl)C(=C2Nc3ccccc3O2)[N+](=O)[O-])cc1. The van der Waals surface area contributed by atoms with Crippen molar-refractivity contribution in [2.75, 3.05) is 5.32 Å². The lowest BCUT2D eigenvalue weighted by Gasteiger charge is -2.08. The van der Waals surface area contributed by atoms with E-state index in [9.17, 15) is 10.1 Å². The number of fused-ring (bicyclic) bond motifs is 1. The lowest BCUT2D eigenvalue weighted by atomic mass is 10.2. The molecule has 5 nitrogen and oxygen atoms in total. The van der Waals surface area contributed by atoms with Crippen LogP contribution in [0.15, 0.2) is 74.4 Å². The van der Waals surface area contributed by atoms with E-state index in [1.165, 1.54) is 0 Å². The van der Waals surface area contributed by atoms with Gasteiger partial charge in [-0.25, -0.2) is 0 Å². The van der Waals surface area contributed by atoms with Crippen molar-refractivity contribution in [1.29, 1.82) is 0 Å². The van der Waals surface area contributed by atoms with Crippen LogP contribution in [0.5, 0.6) is 5.75 Å². The van der Waals surface area contributed by atoms with Gasteiger partial charge in [0.05, 0.1) is 10.6 Å². The molecule has 1 aliphatic heterocycles. The summed E-state index contributed by atoms with van der Waals surface area (Å²) in [6.45, 7) is 1.96. The number of halogens is 2. The third kappa shape index (κ3) is 3.92. The van der Waals surface area contributed by atoms with Crippen LogP contribution in [0.2, 0.25) is 0 Å². The van der Waals surface area contributed by atoms with Gasteiger partial charge >= 0.3 is 5.70 Å². The topological polar surface area (TPSA) is 64.4 Å². The molecule has 2 aromatic rings. The van der Waals surface area contributed by atoms with E-state index in [2.05, 4.69) is 5.32 Å². The summed E-state index contributed by atoms with van der Waals surface area (Å²) in [7, 11) is 0. The van der Waals surface area contributed by atoms with Crippen LogP contribution in [0.25, 0.3) is 0 Å². The van der Waals surface area contributed by atoms with Crippen LogP contribution in [-0.4, -0.2) is 4.92 Å². The predicted octanol–water partition coefficient (Wildman–Crippen LogP) is 5.68. The first kappa shape index (κ1) is 17.7. The summed E-state index contributed by atoms with van der Waals surface area (Å²) in [5.74, 6) is 0.488. The molecule has 0 atom stereocenters. The Labute approximate surface area is 158 Å². The number of anilines is 1. The molecule has 0 bridgehead atoms. The molecule has 1 heterocycles. The number of para-hydroxylation sites is 2. The fraction of sp³-hybridized carbons (Fsp3) is 0.0588. The van der Waals surface area contributed by atoms with E-state index >= 15 is 0 Å². The zero-order chi connectivity index (χ0) is 18.0. The normalized spacial score (nSPS) is 14.2. The van der Waals surface area contributed by atoms with Gasteiger partial charge in [-0.2, -0.15) is 0 Å². The van der Waals surface area contributed by atoms with E-state index in [1.807, 2.05) is 31.2 Å². The summed E-state index contributed by atoms with van der Waals surface area (Å²) in [4.78, 5) is 12.0. The fourth-order valence-electron chi connectivity index (χ4n) is 2.19. The smallest absolute Gasteiger partial charge is 0.345 e. The largest absolute Gasteiger partial charge is 0.433 e. The van der Waals surface area contributed by atoms with Crippen molar-refractivity contribution in [2.24, 2.45) is 0 Å². The first-order valence-electron chi connectivity index (χ1n) is 7.18. The molecule has 0 amide bonds. The lowest BCUT2D eigenvalue weighted by Crippen LogP contribution is -2.11. The Morgan fingerprint density at radius 1 is 1.16 bits per heavy atom. The Morgan fingerprint density at radius 2 is 1.84 bits per heavy atom. The van der Waals surface area contributed by atoms with Gasteiger partial charge in [0, 0.05) is 4.90 Å². The van der Waals surface area contributed by atoms with Crippen LogP contribution in [0.3, 0.4) is 0 Å². The maximum atomic E-state index is 11.7. The molecule has 0 radical (unpaired) electrons.